The van der Waals surface area contributed by atoms with E-state index in [2.05, 4.69) is 33.0 Å². The topological polar surface area (TPSA) is 47.1 Å². The number of aromatic nitrogens is 2. The van der Waals surface area contributed by atoms with Crippen molar-refractivity contribution in [1.82, 2.24) is 9.78 Å². The molecule has 1 fully saturated rings. The molecule has 1 unspecified atom stereocenters. The van der Waals surface area contributed by atoms with Crippen LogP contribution in [0.3, 0.4) is 0 Å². The van der Waals surface area contributed by atoms with Crippen LogP contribution in [0.5, 0.6) is 0 Å². The van der Waals surface area contributed by atoms with Gasteiger partial charge in [-0.3, -0.25) is 0 Å². The second-order valence-electron chi connectivity index (χ2n) is 4.62. The Morgan fingerprint density at radius 3 is 2.80 bits per heavy atom. The van der Waals surface area contributed by atoms with Gasteiger partial charge in [0.05, 0.1) is 16.7 Å². The van der Waals surface area contributed by atoms with Gasteiger partial charge < -0.3 is 10.6 Å². The predicted octanol–water partition coefficient (Wildman–Crippen LogP) is 1.30. The highest BCUT2D eigenvalue weighted by Crippen LogP contribution is 2.45. The smallest absolute Gasteiger partial charge is 0.141 e. The summed E-state index contributed by atoms with van der Waals surface area (Å²) in [6, 6.07) is 0.196. The summed E-state index contributed by atoms with van der Waals surface area (Å²) in [4.78, 5) is 2.19. The summed E-state index contributed by atoms with van der Waals surface area (Å²) in [5, 5.41) is 4.66. The number of nitrogens with zero attached hydrogens (tertiary/aromatic N) is 3. The van der Waals surface area contributed by atoms with Crippen LogP contribution < -0.4 is 10.6 Å². The Bertz CT molecular complexity index is 396. The molecule has 0 amide bonds. The first-order chi connectivity index (χ1) is 7.16. The maximum Gasteiger partial charge on any atom is 0.141 e. The molecule has 0 spiro atoms. The zero-order valence-corrected chi connectivity index (χ0v) is 10.4. The first kappa shape index (κ1) is 9.66. The molecule has 2 N–H and O–H groups in total. The van der Waals surface area contributed by atoms with E-state index in [0.717, 1.165) is 13.1 Å². The van der Waals surface area contributed by atoms with Crippen LogP contribution in [0.25, 0.3) is 0 Å². The molecule has 1 atom stereocenters. The maximum absolute atomic E-state index is 5.97. The van der Waals surface area contributed by atoms with E-state index < -0.39 is 0 Å². The van der Waals surface area contributed by atoms with E-state index in [0.29, 0.717) is 5.92 Å². The number of anilines is 1. The van der Waals surface area contributed by atoms with E-state index in [9.17, 15) is 0 Å². The lowest BCUT2D eigenvalue weighted by Crippen LogP contribution is -2.44. The Kier molecular flexibility index (Phi) is 2.07. The maximum atomic E-state index is 5.97. The number of fused-ring (bicyclic) bond motifs is 1. The van der Waals surface area contributed by atoms with Crippen LogP contribution >= 0.6 is 15.9 Å². The van der Waals surface area contributed by atoms with Crippen LogP contribution in [0.2, 0.25) is 0 Å². The number of halogens is 1. The van der Waals surface area contributed by atoms with E-state index >= 15 is 0 Å². The summed E-state index contributed by atoms with van der Waals surface area (Å²) in [5.74, 6) is 1.88. The third kappa shape index (κ3) is 1.49. The highest BCUT2D eigenvalue weighted by molar-refractivity contribution is 9.10. The van der Waals surface area contributed by atoms with Crippen LogP contribution in [-0.4, -0.2) is 29.4 Å². The molecule has 15 heavy (non-hydrogen) atoms. The molecule has 2 aliphatic rings. The SMILES string of the molecule is CN1CC(N)Cn2nc(C3CC3)c(Br)c21. The summed E-state index contributed by atoms with van der Waals surface area (Å²) >= 11 is 3.67. The zero-order chi connectivity index (χ0) is 10.6. The first-order valence-corrected chi connectivity index (χ1v) is 6.19. The number of hydrogen-bond donors (Lipinski definition) is 1. The minimum Gasteiger partial charge on any atom is -0.357 e. The van der Waals surface area contributed by atoms with E-state index in [1.807, 2.05) is 4.68 Å². The number of rotatable bonds is 1. The molecule has 0 bridgehead atoms. The predicted molar refractivity (Wildman–Crippen MR) is 63.1 cm³/mol. The van der Waals surface area contributed by atoms with E-state index in [4.69, 9.17) is 5.73 Å². The molecule has 0 aromatic carbocycles. The molecule has 1 aromatic rings. The van der Waals surface area contributed by atoms with Gasteiger partial charge in [0.1, 0.15) is 5.82 Å². The average Bonchev–Trinajstić information content (AvgIpc) is 2.92. The van der Waals surface area contributed by atoms with Gasteiger partial charge in [-0.2, -0.15) is 5.10 Å². The minimum absolute atomic E-state index is 0.196. The highest BCUT2D eigenvalue weighted by atomic mass is 79.9. The fourth-order valence-corrected chi connectivity index (χ4v) is 3.19. The molecule has 3 rings (SSSR count). The molecule has 4 nitrogen and oxygen atoms in total. The Balaban J connectivity index is 2.06. The quantitative estimate of drug-likeness (QED) is 0.837. The van der Waals surface area contributed by atoms with Gasteiger partial charge in [0, 0.05) is 25.6 Å². The van der Waals surface area contributed by atoms with Gasteiger partial charge in [-0.05, 0) is 28.8 Å². The Morgan fingerprint density at radius 2 is 2.13 bits per heavy atom. The summed E-state index contributed by atoms with van der Waals surface area (Å²) < 4.78 is 3.23. The number of hydrogen-bond acceptors (Lipinski definition) is 3. The van der Waals surface area contributed by atoms with Crippen LogP contribution in [0.15, 0.2) is 4.47 Å². The normalized spacial score (nSPS) is 25.5. The molecule has 2 heterocycles. The van der Waals surface area contributed by atoms with Gasteiger partial charge in [0.25, 0.3) is 0 Å². The number of nitrogens with two attached hydrogens (primary N) is 1. The second-order valence-corrected chi connectivity index (χ2v) is 5.41. The summed E-state index contributed by atoms with van der Waals surface area (Å²) in [7, 11) is 2.08. The fraction of sp³-hybridized carbons (Fsp3) is 0.700. The van der Waals surface area contributed by atoms with Crippen LogP contribution in [0, 0.1) is 0 Å². The molecule has 1 aliphatic carbocycles. The lowest BCUT2D eigenvalue weighted by atomic mass is 10.2. The minimum atomic E-state index is 0.196. The lowest BCUT2D eigenvalue weighted by Gasteiger charge is -2.30. The van der Waals surface area contributed by atoms with Gasteiger partial charge >= 0.3 is 0 Å². The van der Waals surface area contributed by atoms with E-state index in [-0.39, 0.29) is 6.04 Å². The van der Waals surface area contributed by atoms with Gasteiger partial charge in [-0.15, -0.1) is 0 Å². The summed E-state index contributed by atoms with van der Waals surface area (Å²) in [6.45, 7) is 1.75. The Morgan fingerprint density at radius 1 is 1.40 bits per heavy atom. The largest absolute Gasteiger partial charge is 0.357 e. The van der Waals surface area contributed by atoms with Gasteiger partial charge in [-0.1, -0.05) is 0 Å². The molecule has 1 aromatic heterocycles. The van der Waals surface area contributed by atoms with Crippen LogP contribution in [0.1, 0.15) is 24.5 Å². The van der Waals surface area contributed by atoms with Crippen molar-refractivity contribution in [3.63, 3.8) is 0 Å². The Hall–Kier alpha value is -0.550. The van der Waals surface area contributed by atoms with Crippen molar-refractivity contribution in [2.45, 2.75) is 31.3 Å². The molecule has 82 valence electrons. The third-order valence-electron chi connectivity index (χ3n) is 3.14. The van der Waals surface area contributed by atoms with E-state index in [1.54, 1.807) is 0 Å². The first-order valence-electron chi connectivity index (χ1n) is 5.39. The number of likely N-dealkylation sites (N-methyl/N-ethyl adjacent to an activating group) is 1. The molecular weight excluding hydrogens is 256 g/mol. The third-order valence-corrected chi connectivity index (χ3v) is 3.90. The lowest BCUT2D eigenvalue weighted by molar-refractivity contribution is 0.468. The van der Waals surface area contributed by atoms with Crippen molar-refractivity contribution < 1.29 is 0 Å². The van der Waals surface area contributed by atoms with Crippen LogP contribution in [-0.2, 0) is 6.54 Å². The summed E-state index contributed by atoms with van der Waals surface area (Å²) in [5.41, 5.74) is 7.20. The van der Waals surface area contributed by atoms with Crippen molar-refractivity contribution in [1.29, 1.82) is 0 Å². The molecule has 1 aliphatic heterocycles. The monoisotopic (exact) mass is 270 g/mol. The Labute approximate surface area is 97.5 Å². The van der Waals surface area contributed by atoms with E-state index in [1.165, 1.54) is 28.8 Å². The van der Waals surface area contributed by atoms with Gasteiger partial charge in [0.2, 0.25) is 0 Å². The molecular formula is C10H15BrN4. The molecule has 1 saturated carbocycles. The van der Waals surface area contributed by atoms with Crippen molar-refractivity contribution in [2.75, 3.05) is 18.5 Å². The molecule has 5 heteroatoms. The molecule has 0 saturated heterocycles. The highest BCUT2D eigenvalue weighted by Gasteiger charge is 2.33. The van der Waals surface area contributed by atoms with Crippen molar-refractivity contribution >= 4 is 21.7 Å². The van der Waals surface area contributed by atoms with Gasteiger partial charge in [-0.25, -0.2) is 4.68 Å². The summed E-state index contributed by atoms with van der Waals surface area (Å²) in [6.07, 6.45) is 2.57. The van der Waals surface area contributed by atoms with Crippen molar-refractivity contribution in [3.8, 4) is 0 Å². The average molecular weight is 271 g/mol. The second kappa shape index (κ2) is 3.22. The van der Waals surface area contributed by atoms with Crippen LogP contribution in [0.4, 0.5) is 5.82 Å². The zero-order valence-electron chi connectivity index (χ0n) is 8.78. The fourth-order valence-electron chi connectivity index (χ4n) is 2.28. The van der Waals surface area contributed by atoms with Crippen molar-refractivity contribution in [3.05, 3.63) is 10.2 Å². The van der Waals surface area contributed by atoms with Crippen molar-refractivity contribution in [2.24, 2.45) is 5.73 Å². The standard InChI is InChI=1S/C10H15BrN4/c1-14-4-7(12)5-15-10(14)8(11)9(13-15)6-2-3-6/h6-7H,2-5,12H2,1H3. The molecule has 0 radical (unpaired) electrons. The van der Waals surface area contributed by atoms with Gasteiger partial charge in [0.15, 0.2) is 0 Å².